The molecule has 0 unspecified atom stereocenters. The molecule has 0 aromatic heterocycles. The minimum absolute atomic E-state index is 0.0382. The fraction of sp³-hybridized carbons (Fsp3) is 0.727. The van der Waals surface area contributed by atoms with Crippen LogP contribution in [0.15, 0.2) is 0 Å². The second kappa shape index (κ2) is 8.55. The van der Waals surface area contributed by atoms with Gasteiger partial charge in [-0.2, -0.15) is 0 Å². The third kappa shape index (κ3) is 10.7. The average molecular weight is 245 g/mol. The molecule has 0 spiro atoms. The SMILES string of the molecule is CC(C)COC(=O)NCC(=O)CCCC(=O)O. The van der Waals surface area contributed by atoms with Crippen LogP contribution in [0.3, 0.4) is 0 Å². The van der Waals surface area contributed by atoms with Gasteiger partial charge in [0.2, 0.25) is 0 Å². The molecule has 17 heavy (non-hydrogen) atoms. The fourth-order valence-corrected chi connectivity index (χ4v) is 0.989. The molecule has 0 bridgehead atoms. The summed E-state index contributed by atoms with van der Waals surface area (Å²) in [5.74, 6) is -0.887. The number of rotatable bonds is 8. The number of ketones is 1. The van der Waals surface area contributed by atoms with Crippen LogP contribution in [0.4, 0.5) is 4.79 Å². The number of alkyl carbamates (subject to hydrolysis) is 1. The standard InChI is InChI=1S/C11H19NO5/c1-8(2)7-17-11(16)12-6-9(13)4-3-5-10(14)15/h8H,3-7H2,1-2H3,(H,12,16)(H,14,15). The number of nitrogens with one attached hydrogen (secondary N) is 1. The van der Waals surface area contributed by atoms with E-state index in [4.69, 9.17) is 9.84 Å². The first-order valence-electron chi connectivity index (χ1n) is 5.56. The number of carbonyl (C=O) groups excluding carboxylic acids is 2. The molecule has 0 atom stereocenters. The van der Waals surface area contributed by atoms with Crippen LogP contribution in [-0.2, 0) is 14.3 Å². The van der Waals surface area contributed by atoms with Crippen molar-refractivity contribution in [2.24, 2.45) is 5.92 Å². The van der Waals surface area contributed by atoms with E-state index in [1.54, 1.807) is 0 Å². The third-order valence-corrected chi connectivity index (χ3v) is 1.82. The Morgan fingerprint density at radius 2 is 1.88 bits per heavy atom. The molecule has 0 fully saturated rings. The van der Waals surface area contributed by atoms with E-state index < -0.39 is 12.1 Å². The molecule has 0 aliphatic heterocycles. The van der Waals surface area contributed by atoms with E-state index >= 15 is 0 Å². The lowest BCUT2D eigenvalue weighted by Gasteiger charge is -2.08. The Balaban J connectivity index is 3.55. The molecule has 0 aliphatic rings. The van der Waals surface area contributed by atoms with E-state index in [2.05, 4.69) is 5.32 Å². The van der Waals surface area contributed by atoms with Crippen molar-refractivity contribution < 1.29 is 24.2 Å². The Bertz CT molecular complexity index is 275. The molecule has 0 aromatic rings. The van der Waals surface area contributed by atoms with E-state index in [1.807, 2.05) is 13.8 Å². The van der Waals surface area contributed by atoms with E-state index in [9.17, 15) is 14.4 Å². The van der Waals surface area contributed by atoms with Gasteiger partial charge in [0.25, 0.3) is 0 Å². The number of hydrogen-bond donors (Lipinski definition) is 2. The molecule has 1 amide bonds. The van der Waals surface area contributed by atoms with Gasteiger partial charge < -0.3 is 15.2 Å². The molecule has 0 saturated carbocycles. The van der Waals surface area contributed by atoms with Gasteiger partial charge in [-0.3, -0.25) is 9.59 Å². The Morgan fingerprint density at radius 1 is 1.24 bits per heavy atom. The fourth-order valence-electron chi connectivity index (χ4n) is 0.989. The van der Waals surface area contributed by atoms with Crippen LogP contribution in [0, 0.1) is 5.92 Å². The lowest BCUT2D eigenvalue weighted by Crippen LogP contribution is -2.30. The zero-order valence-electron chi connectivity index (χ0n) is 10.2. The largest absolute Gasteiger partial charge is 0.481 e. The molecule has 0 heterocycles. The first-order valence-corrected chi connectivity index (χ1v) is 5.56. The molecule has 6 nitrogen and oxygen atoms in total. The van der Waals surface area contributed by atoms with E-state index in [0.717, 1.165) is 0 Å². The van der Waals surface area contributed by atoms with Gasteiger partial charge in [0.05, 0.1) is 13.2 Å². The van der Waals surface area contributed by atoms with Crippen molar-refractivity contribution in [3.63, 3.8) is 0 Å². The van der Waals surface area contributed by atoms with Crippen LogP contribution >= 0.6 is 0 Å². The van der Waals surface area contributed by atoms with Gasteiger partial charge in [-0.25, -0.2) is 4.79 Å². The minimum Gasteiger partial charge on any atom is -0.481 e. The van der Waals surface area contributed by atoms with Gasteiger partial charge in [0, 0.05) is 12.8 Å². The Hall–Kier alpha value is -1.59. The highest BCUT2D eigenvalue weighted by Crippen LogP contribution is 1.96. The van der Waals surface area contributed by atoms with Gasteiger partial charge in [-0.15, -0.1) is 0 Å². The highest BCUT2D eigenvalue weighted by atomic mass is 16.5. The van der Waals surface area contributed by atoms with E-state index in [1.165, 1.54) is 0 Å². The highest BCUT2D eigenvalue weighted by Gasteiger charge is 2.08. The maximum atomic E-state index is 11.2. The van der Waals surface area contributed by atoms with Crippen molar-refractivity contribution in [3.05, 3.63) is 0 Å². The number of carboxylic acid groups (broad SMARTS) is 1. The second-order valence-electron chi connectivity index (χ2n) is 4.13. The van der Waals surface area contributed by atoms with Crippen LogP contribution in [0.1, 0.15) is 33.1 Å². The van der Waals surface area contributed by atoms with Gasteiger partial charge >= 0.3 is 12.1 Å². The smallest absolute Gasteiger partial charge is 0.407 e. The predicted octanol–water partition coefficient (Wildman–Crippen LogP) is 1.19. The van der Waals surface area contributed by atoms with Crippen LogP contribution in [0.2, 0.25) is 0 Å². The normalized spacial score (nSPS) is 10.1. The first kappa shape index (κ1) is 15.4. The maximum absolute atomic E-state index is 11.2. The quantitative estimate of drug-likeness (QED) is 0.670. The molecule has 2 N–H and O–H groups in total. The Kier molecular flexibility index (Phi) is 7.75. The van der Waals surface area contributed by atoms with Crippen LogP contribution in [0.25, 0.3) is 0 Å². The topological polar surface area (TPSA) is 92.7 Å². The summed E-state index contributed by atoms with van der Waals surface area (Å²) in [7, 11) is 0. The lowest BCUT2D eigenvalue weighted by molar-refractivity contribution is -0.137. The zero-order chi connectivity index (χ0) is 13.3. The monoisotopic (exact) mass is 245 g/mol. The zero-order valence-corrected chi connectivity index (χ0v) is 10.2. The van der Waals surface area contributed by atoms with Crippen molar-refractivity contribution in [2.45, 2.75) is 33.1 Å². The number of carboxylic acids is 1. The van der Waals surface area contributed by atoms with Crippen molar-refractivity contribution in [2.75, 3.05) is 13.2 Å². The molecule has 0 rings (SSSR count). The molecule has 0 aliphatic carbocycles. The Labute approximate surface area is 100 Å². The molecular formula is C11H19NO5. The molecular weight excluding hydrogens is 226 g/mol. The maximum Gasteiger partial charge on any atom is 0.407 e. The number of hydrogen-bond acceptors (Lipinski definition) is 4. The molecule has 0 aromatic carbocycles. The summed E-state index contributed by atoms with van der Waals surface area (Å²) in [6.07, 6.45) is -0.220. The molecule has 6 heteroatoms. The summed E-state index contributed by atoms with van der Waals surface area (Å²) in [5.41, 5.74) is 0. The summed E-state index contributed by atoms with van der Waals surface area (Å²) in [6, 6.07) is 0. The predicted molar refractivity (Wildman–Crippen MR) is 60.7 cm³/mol. The number of amides is 1. The van der Waals surface area contributed by atoms with E-state index in [0.29, 0.717) is 6.61 Å². The third-order valence-electron chi connectivity index (χ3n) is 1.82. The molecule has 0 saturated heterocycles. The summed E-state index contributed by atoms with van der Waals surface area (Å²) >= 11 is 0. The van der Waals surface area contributed by atoms with Crippen molar-refractivity contribution >= 4 is 17.8 Å². The van der Waals surface area contributed by atoms with Crippen molar-refractivity contribution in [3.8, 4) is 0 Å². The summed E-state index contributed by atoms with van der Waals surface area (Å²) < 4.78 is 4.80. The molecule has 98 valence electrons. The summed E-state index contributed by atoms with van der Waals surface area (Å²) in [5, 5.41) is 10.7. The summed E-state index contributed by atoms with van der Waals surface area (Å²) in [4.78, 5) is 32.5. The average Bonchev–Trinajstić information content (AvgIpc) is 2.23. The van der Waals surface area contributed by atoms with E-state index in [-0.39, 0.29) is 37.5 Å². The summed E-state index contributed by atoms with van der Waals surface area (Å²) in [6.45, 7) is 4.00. The number of ether oxygens (including phenoxy) is 1. The lowest BCUT2D eigenvalue weighted by atomic mass is 10.2. The minimum atomic E-state index is -0.929. The van der Waals surface area contributed by atoms with Crippen molar-refractivity contribution in [1.82, 2.24) is 5.32 Å². The number of Topliss-reactive ketones (excluding diaryl/α,β-unsaturated/α-hetero) is 1. The van der Waals surface area contributed by atoms with Gasteiger partial charge in [0.15, 0.2) is 5.78 Å². The van der Waals surface area contributed by atoms with Gasteiger partial charge in [0.1, 0.15) is 0 Å². The second-order valence-corrected chi connectivity index (χ2v) is 4.13. The number of carbonyl (C=O) groups is 3. The van der Waals surface area contributed by atoms with Gasteiger partial charge in [-0.1, -0.05) is 13.8 Å². The highest BCUT2D eigenvalue weighted by molar-refractivity contribution is 5.84. The van der Waals surface area contributed by atoms with Crippen molar-refractivity contribution in [1.29, 1.82) is 0 Å². The van der Waals surface area contributed by atoms with Crippen LogP contribution < -0.4 is 5.32 Å². The Morgan fingerprint density at radius 3 is 2.41 bits per heavy atom. The van der Waals surface area contributed by atoms with Gasteiger partial charge in [-0.05, 0) is 12.3 Å². The van der Waals surface area contributed by atoms with Crippen LogP contribution in [0.5, 0.6) is 0 Å². The molecule has 0 radical (unpaired) electrons. The first-order chi connectivity index (χ1) is 7.91. The number of aliphatic carboxylic acids is 1. The van der Waals surface area contributed by atoms with Crippen LogP contribution in [-0.4, -0.2) is 36.1 Å².